The van der Waals surface area contributed by atoms with E-state index < -0.39 is 0 Å². The number of thioether (sulfide) groups is 1. The Hall–Kier alpha value is -2.11. The second kappa shape index (κ2) is 7.64. The number of halogens is 2. The number of amides is 2. The molecule has 0 saturated carbocycles. The minimum atomic E-state index is -0.387. The molecule has 0 radical (unpaired) electrons. The van der Waals surface area contributed by atoms with Gasteiger partial charge in [0.2, 0.25) is 0 Å². The third-order valence-electron chi connectivity index (χ3n) is 3.87. The Labute approximate surface area is 160 Å². The highest BCUT2D eigenvalue weighted by atomic mass is 35.5. The molecule has 3 nitrogen and oxygen atoms in total. The van der Waals surface area contributed by atoms with Gasteiger partial charge in [0.15, 0.2) is 0 Å². The molecule has 26 heavy (non-hydrogen) atoms. The molecule has 6 heteroatoms. The molecule has 1 heterocycles. The van der Waals surface area contributed by atoms with Crippen LogP contribution in [0, 0.1) is 5.82 Å². The lowest BCUT2D eigenvalue weighted by Gasteiger charge is -2.15. The first-order chi connectivity index (χ1) is 12.4. The number of carbonyl (C=O) groups is 2. The van der Waals surface area contributed by atoms with Crippen LogP contribution in [-0.2, 0) is 16.1 Å². The van der Waals surface area contributed by atoms with Crippen molar-refractivity contribution in [1.82, 2.24) is 4.90 Å². The minimum absolute atomic E-state index is 0.132. The Balaban J connectivity index is 1.97. The Morgan fingerprint density at radius 2 is 1.62 bits per heavy atom. The molecule has 0 spiro atoms. The van der Waals surface area contributed by atoms with Crippen LogP contribution in [0.25, 0.3) is 5.57 Å². The summed E-state index contributed by atoms with van der Waals surface area (Å²) in [5.74, 6) is -1.06. The highest BCUT2D eigenvalue weighted by Gasteiger charge is 2.39. The predicted molar refractivity (Wildman–Crippen MR) is 103 cm³/mol. The molecule has 0 aromatic heterocycles. The molecule has 0 saturated heterocycles. The summed E-state index contributed by atoms with van der Waals surface area (Å²) < 4.78 is 13.3. The van der Waals surface area contributed by atoms with Crippen molar-refractivity contribution in [1.29, 1.82) is 0 Å². The van der Waals surface area contributed by atoms with E-state index in [-0.39, 0.29) is 29.4 Å². The SMILES string of the molecule is CC(C)SC1=C(c2ccc(F)cc2)C(=O)N(Cc2ccc(Cl)cc2)C1=O. The lowest BCUT2D eigenvalue weighted by atomic mass is 10.1. The number of nitrogens with zero attached hydrogens (tertiary/aromatic N) is 1. The van der Waals surface area contributed by atoms with Crippen LogP contribution in [0.5, 0.6) is 0 Å². The van der Waals surface area contributed by atoms with Crippen molar-refractivity contribution >= 4 is 40.8 Å². The fourth-order valence-corrected chi connectivity index (χ4v) is 3.82. The van der Waals surface area contributed by atoms with Crippen molar-refractivity contribution in [2.45, 2.75) is 25.6 Å². The summed E-state index contributed by atoms with van der Waals surface area (Å²) in [6.07, 6.45) is 0. The second-order valence-corrected chi connectivity index (χ2v) is 8.22. The molecule has 0 atom stereocenters. The van der Waals surface area contributed by atoms with Gasteiger partial charge >= 0.3 is 0 Å². The highest BCUT2D eigenvalue weighted by Crippen LogP contribution is 2.38. The molecule has 0 unspecified atom stereocenters. The Bertz CT molecular complexity index is 876. The molecule has 0 fully saturated rings. The van der Waals surface area contributed by atoms with Gasteiger partial charge in [-0.05, 0) is 35.4 Å². The molecular formula is C20H17ClFNO2S. The maximum atomic E-state index is 13.3. The summed E-state index contributed by atoms with van der Waals surface area (Å²) in [5, 5.41) is 0.724. The number of carbonyl (C=O) groups excluding carboxylic acids is 2. The zero-order valence-corrected chi connectivity index (χ0v) is 15.9. The van der Waals surface area contributed by atoms with Crippen LogP contribution in [-0.4, -0.2) is 22.0 Å². The van der Waals surface area contributed by atoms with Crippen LogP contribution in [0.4, 0.5) is 4.39 Å². The van der Waals surface area contributed by atoms with Crippen molar-refractivity contribution in [3.63, 3.8) is 0 Å². The van der Waals surface area contributed by atoms with Gasteiger partial charge in [0.25, 0.3) is 11.8 Å². The normalized spacial score (nSPS) is 14.7. The molecule has 0 aliphatic carbocycles. The maximum absolute atomic E-state index is 13.3. The predicted octanol–water partition coefficient (Wildman–Crippen LogP) is 4.90. The van der Waals surface area contributed by atoms with Crippen molar-refractivity contribution < 1.29 is 14.0 Å². The average molecular weight is 390 g/mol. The summed E-state index contributed by atoms with van der Waals surface area (Å²) in [6.45, 7) is 4.08. The molecular weight excluding hydrogens is 373 g/mol. The van der Waals surface area contributed by atoms with E-state index in [1.165, 1.54) is 40.9 Å². The van der Waals surface area contributed by atoms with Gasteiger partial charge < -0.3 is 0 Å². The van der Waals surface area contributed by atoms with Gasteiger partial charge in [-0.1, -0.05) is 49.7 Å². The van der Waals surface area contributed by atoms with E-state index in [4.69, 9.17) is 11.6 Å². The van der Waals surface area contributed by atoms with Gasteiger partial charge in [-0.15, -0.1) is 11.8 Å². The van der Waals surface area contributed by atoms with E-state index in [1.54, 1.807) is 24.3 Å². The zero-order chi connectivity index (χ0) is 18.8. The molecule has 1 aliphatic rings. The van der Waals surface area contributed by atoms with Crippen LogP contribution in [0.15, 0.2) is 53.4 Å². The van der Waals surface area contributed by atoms with Crippen LogP contribution in [0.2, 0.25) is 5.02 Å². The fraction of sp³-hybridized carbons (Fsp3) is 0.200. The number of imide groups is 1. The summed E-state index contributed by atoms with van der Waals surface area (Å²) in [7, 11) is 0. The van der Waals surface area contributed by atoms with Crippen LogP contribution >= 0.6 is 23.4 Å². The van der Waals surface area contributed by atoms with Gasteiger partial charge in [0.05, 0.1) is 17.0 Å². The summed E-state index contributed by atoms with van der Waals surface area (Å²) in [6, 6.07) is 12.7. The molecule has 2 amide bonds. The van der Waals surface area contributed by atoms with E-state index in [2.05, 4.69) is 0 Å². The first kappa shape index (κ1) is 18.7. The number of rotatable bonds is 5. The third-order valence-corrected chi connectivity index (χ3v) is 5.20. The van der Waals surface area contributed by atoms with E-state index in [0.717, 1.165) is 5.56 Å². The van der Waals surface area contributed by atoms with Crippen LogP contribution in [0.1, 0.15) is 25.0 Å². The third kappa shape index (κ3) is 3.84. The number of hydrogen-bond acceptors (Lipinski definition) is 3. The Morgan fingerprint density at radius 1 is 1.00 bits per heavy atom. The monoisotopic (exact) mass is 389 g/mol. The largest absolute Gasteiger partial charge is 0.269 e. The molecule has 3 rings (SSSR count). The smallest absolute Gasteiger partial charge is 0.268 e. The lowest BCUT2D eigenvalue weighted by Crippen LogP contribution is -2.31. The average Bonchev–Trinajstić information content (AvgIpc) is 2.82. The van der Waals surface area contributed by atoms with Gasteiger partial charge in [0.1, 0.15) is 5.82 Å². The summed E-state index contributed by atoms with van der Waals surface area (Å²) >= 11 is 7.24. The fourth-order valence-electron chi connectivity index (χ4n) is 2.69. The first-order valence-electron chi connectivity index (χ1n) is 8.14. The summed E-state index contributed by atoms with van der Waals surface area (Å²) in [5.41, 5.74) is 1.69. The van der Waals surface area contributed by atoms with Gasteiger partial charge in [-0.25, -0.2) is 4.39 Å². The van der Waals surface area contributed by atoms with Crippen LogP contribution in [0.3, 0.4) is 0 Å². The Morgan fingerprint density at radius 3 is 2.19 bits per heavy atom. The molecule has 2 aromatic rings. The van der Waals surface area contributed by atoms with Crippen molar-refractivity contribution in [2.24, 2.45) is 0 Å². The van der Waals surface area contributed by atoms with E-state index in [9.17, 15) is 14.0 Å². The van der Waals surface area contributed by atoms with Gasteiger partial charge in [0, 0.05) is 10.3 Å². The number of hydrogen-bond donors (Lipinski definition) is 0. The molecule has 0 bridgehead atoms. The first-order valence-corrected chi connectivity index (χ1v) is 9.40. The zero-order valence-electron chi connectivity index (χ0n) is 14.3. The van der Waals surface area contributed by atoms with Gasteiger partial charge in [-0.3, -0.25) is 14.5 Å². The topological polar surface area (TPSA) is 37.4 Å². The molecule has 2 aromatic carbocycles. The lowest BCUT2D eigenvalue weighted by molar-refractivity contribution is -0.137. The van der Waals surface area contributed by atoms with Crippen molar-refractivity contribution in [2.75, 3.05) is 0 Å². The Kier molecular flexibility index (Phi) is 5.49. The molecule has 1 aliphatic heterocycles. The van der Waals surface area contributed by atoms with Crippen molar-refractivity contribution in [3.8, 4) is 0 Å². The highest BCUT2D eigenvalue weighted by molar-refractivity contribution is 8.04. The van der Waals surface area contributed by atoms with E-state index in [0.29, 0.717) is 21.1 Å². The van der Waals surface area contributed by atoms with Crippen molar-refractivity contribution in [3.05, 3.63) is 75.4 Å². The maximum Gasteiger partial charge on any atom is 0.268 e. The number of benzene rings is 2. The minimum Gasteiger partial charge on any atom is -0.269 e. The quantitative estimate of drug-likeness (QED) is 0.682. The molecule has 134 valence electrons. The van der Waals surface area contributed by atoms with Crippen LogP contribution < -0.4 is 0 Å². The van der Waals surface area contributed by atoms with E-state index in [1.807, 2.05) is 13.8 Å². The second-order valence-electron chi connectivity index (χ2n) is 6.20. The van der Waals surface area contributed by atoms with Gasteiger partial charge in [-0.2, -0.15) is 0 Å². The standard InChI is InChI=1S/C20H17ClFNO2S/c1-12(2)26-18-17(14-5-9-16(22)10-6-14)19(24)23(20(18)25)11-13-3-7-15(21)8-4-13/h3-10,12H,11H2,1-2H3. The molecule has 0 N–H and O–H groups in total. The summed E-state index contributed by atoms with van der Waals surface area (Å²) in [4.78, 5) is 27.5. The van der Waals surface area contributed by atoms with E-state index >= 15 is 0 Å².